The van der Waals surface area contributed by atoms with Crippen LogP contribution in [-0.4, -0.2) is 19.1 Å². The fraction of sp³-hybridized carbons (Fsp3) is 0.214. The van der Waals surface area contributed by atoms with Crippen molar-refractivity contribution < 1.29 is 0 Å². The summed E-state index contributed by atoms with van der Waals surface area (Å²) in [7, 11) is 3.87. The fourth-order valence-electron chi connectivity index (χ4n) is 1.91. The maximum atomic E-state index is 4.40. The number of aromatic nitrogens is 1. The smallest absolute Gasteiger partial charge is 0.0749 e. The third kappa shape index (κ3) is 2.63. The fourth-order valence-corrected chi connectivity index (χ4v) is 1.91. The zero-order valence-electron chi connectivity index (χ0n) is 10.1. The molecule has 0 aliphatic carbocycles. The first kappa shape index (κ1) is 11.6. The van der Waals surface area contributed by atoms with Crippen LogP contribution in [0.2, 0.25) is 0 Å². The van der Waals surface area contributed by atoms with Gasteiger partial charge in [-0.1, -0.05) is 18.2 Å². The molecule has 2 N–H and O–H groups in total. The molecule has 0 saturated heterocycles. The molecule has 0 bridgehead atoms. The Morgan fingerprint density at radius 2 is 1.94 bits per heavy atom. The van der Waals surface area contributed by atoms with Gasteiger partial charge in [0.2, 0.25) is 0 Å². The lowest BCUT2D eigenvalue weighted by Crippen LogP contribution is -2.18. The van der Waals surface area contributed by atoms with E-state index in [9.17, 15) is 0 Å². The third-order valence-corrected chi connectivity index (χ3v) is 2.78. The Morgan fingerprint density at radius 1 is 1.06 bits per heavy atom. The van der Waals surface area contributed by atoms with Gasteiger partial charge in [0.1, 0.15) is 0 Å². The van der Waals surface area contributed by atoms with Gasteiger partial charge in [-0.15, -0.1) is 0 Å². The van der Waals surface area contributed by atoms with E-state index in [1.807, 2.05) is 38.5 Å². The first-order valence-electron chi connectivity index (χ1n) is 5.71. The van der Waals surface area contributed by atoms with Gasteiger partial charge in [-0.25, -0.2) is 0 Å². The molecule has 0 radical (unpaired) electrons. The molecular weight excluding hydrogens is 210 g/mol. The van der Waals surface area contributed by atoms with Gasteiger partial charge in [-0.3, -0.25) is 4.98 Å². The standard InChI is InChI=1S/C14H17N3/c1-15-12-7-5-6-11(10-12)14(16-2)13-8-3-4-9-17-13/h3-10,14-16H,1-2H3. The molecule has 17 heavy (non-hydrogen) atoms. The molecule has 0 spiro atoms. The zero-order chi connectivity index (χ0) is 12.1. The van der Waals surface area contributed by atoms with Crippen molar-refractivity contribution >= 4 is 5.69 Å². The Kier molecular flexibility index (Phi) is 3.73. The summed E-state index contributed by atoms with van der Waals surface area (Å²) < 4.78 is 0. The number of nitrogens with one attached hydrogen (secondary N) is 2. The highest BCUT2D eigenvalue weighted by atomic mass is 14.9. The first-order chi connectivity index (χ1) is 8.35. The van der Waals surface area contributed by atoms with Crippen LogP contribution in [0.1, 0.15) is 17.3 Å². The van der Waals surface area contributed by atoms with Gasteiger partial charge in [0.15, 0.2) is 0 Å². The molecule has 2 rings (SSSR count). The maximum Gasteiger partial charge on any atom is 0.0749 e. The van der Waals surface area contributed by atoms with E-state index in [0.29, 0.717) is 0 Å². The van der Waals surface area contributed by atoms with Crippen molar-refractivity contribution in [3.63, 3.8) is 0 Å². The number of hydrogen-bond donors (Lipinski definition) is 2. The van der Waals surface area contributed by atoms with E-state index < -0.39 is 0 Å². The molecule has 0 aliphatic rings. The van der Waals surface area contributed by atoms with E-state index in [0.717, 1.165) is 11.4 Å². The highest BCUT2D eigenvalue weighted by Gasteiger charge is 2.12. The lowest BCUT2D eigenvalue weighted by molar-refractivity contribution is 0.671. The Labute approximate surface area is 102 Å². The van der Waals surface area contributed by atoms with Gasteiger partial charge in [-0.2, -0.15) is 0 Å². The van der Waals surface area contributed by atoms with E-state index in [2.05, 4.69) is 39.9 Å². The number of hydrogen-bond acceptors (Lipinski definition) is 3. The topological polar surface area (TPSA) is 37.0 Å². The second kappa shape index (κ2) is 5.46. The predicted molar refractivity (Wildman–Crippen MR) is 71.1 cm³/mol. The molecule has 1 unspecified atom stereocenters. The van der Waals surface area contributed by atoms with Crippen molar-refractivity contribution in [3.05, 3.63) is 59.9 Å². The normalized spacial score (nSPS) is 12.1. The van der Waals surface area contributed by atoms with Crippen LogP contribution in [0.25, 0.3) is 0 Å². The monoisotopic (exact) mass is 227 g/mol. The van der Waals surface area contributed by atoms with Crippen molar-refractivity contribution in [2.75, 3.05) is 19.4 Å². The number of nitrogens with zero attached hydrogens (tertiary/aromatic N) is 1. The average molecular weight is 227 g/mol. The number of anilines is 1. The Hall–Kier alpha value is -1.87. The predicted octanol–water partition coefficient (Wildman–Crippen LogP) is 2.43. The van der Waals surface area contributed by atoms with Gasteiger partial charge in [-0.05, 0) is 36.9 Å². The lowest BCUT2D eigenvalue weighted by atomic mass is 10.0. The highest BCUT2D eigenvalue weighted by Crippen LogP contribution is 2.22. The maximum absolute atomic E-state index is 4.40. The summed E-state index contributed by atoms with van der Waals surface area (Å²) in [5, 5.41) is 6.45. The quantitative estimate of drug-likeness (QED) is 0.842. The lowest BCUT2D eigenvalue weighted by Gasteiger charge is -2.16. The molecule has 1 aromatic heterocycles. The summed E-state index contributed by atoms with van der Waals surface area (Å²) in [5.41, 5.74) is 3.35. The summed E-state index contributed by atoms with van der Waals surface area (Å²) in [5.74, 6) is 0. The Balaban J connectivity index is 2.35. The van der Waals surface area contributed by atoms with E-state index in [1.165, 1.54) is 5.56 Å². The van der Waals surface area contributed by atoms with Gasteiger partial charge < -0.3 is 10.6 Å². The van der Waals surface area contributed by atoms with Gasteiger partial charge in [0, 0.05) is 18.9 Å². The van der Waals surface area contributed by atoms with E-state index in [1.54, 1.807) is 0 Å². The van der Waals surface area contributed by atoms with Crippen LogP contribution >= 0.6 is 0 Å². The summed E-state index contributed by atoms with van der Waals surface area (Å²) in [4.78, 5) is 4.40. The molecule has 0 fully saturated rings. The minimum atomic E-state index is 0.129. The van der Waals surface area contributed by atoms with Gasteiger partial charge in [0.25, 0.3) is 0 Å². The summed E-state index contributed by atoms with van der Waals surface area (Å²) >= 11 is 0. The summed E-state index contributed by atoms with van der Waals surface area (Å²) in [6, 6.07) is 14.4. The molecule has 1 heterocycles. The second-order valence-electron chi connectivity index (χ2n) is 3.85. The van der Waals surface area contributed by atoms with Crippen molar-refractivity contribution in [1.82, 2.24) is 10.3 Å². The molecule has 2 aromatic rings. The Bertz CT molecular complexity index is 468. The van der Waals surface area contributed by atoms with Crippen LogP contribution in [0.4, 0.5) is 5.69 Å². The van der Waals surface area contributed by atoms with Crippen molar-refractivity contribution in [3.8, 4) is 0 Å². The summed E-state index contributed by atoms with van der Waals surface area (Å²) in [6.07, 6.45) is 1.82. The molecule has 0 saturated carbocycles. The molecule has 3 heteroatoms. The molecule has 0 amide bonds. The summed E-state index contributed by atoms with van der Waals surface area (Å²) in [6.45, 7) is 0. The third-order valence-electron chi connectivity index (χ3n) is 2.78. The van der Waals surface area contributed by atoms with E-state index in [4.69, 9.17) is 0 Å². The SMILES string of the molecule is CNc1cccc(C(NC)c2ccccn2)c1. The Morgan fingerprint density at radius 3 is 2.59 bits per heavy atom. The van der Waals surface area contributed by atoms with Crippen molar-refractivity contribution in [2.45, 2.75) is 6.04 Å². The first-order valence-corrected chi connectivity index (χ1v) is 5.71. The van der Waals surface area contributed by atoms with E-state index in [-0.39, 0.29) is 6.04 Å². The number of benzene rings is 1. The van der Waals surface area contributed by atoms with Crippen LogP contribution < -0.4 is 10.6 Å². The van der Waals surface area contributed by atoms with Crippen LogP contribution in [0.15, 0.2) is 48.7 Å². The van der Waals surface area contributed by atoms with E-state index >= 15 is 0 Å². The molecule has 1 atom stereocenters. The minimum Gasteiger partial charge on any atom is -0.388 e. The molecule has 0 aliphatic heterocycles. The van der Waals surface area contributed by atoms with Crippen LogP contribution in [-0.2, 0) is 0 Å². The number of rotatable bonds is 4. The molecule has 3 nitrogen and oxygen atoms in total. The molecular formula is C14H17N3. The highest BCUT2D eigenvalue weighted by molar-refractivity contribution is 5.47. The zero-order valence-corrected chi connectivity index (χ0v) is 10.1. The van der Waals surface area contributed by atoms with Crippen molar-refractivity contribution in [2.24, 2.45) is 0 Å². The largest absolute Gasteiger partial charge is 0.388 e. The van der Waals surface area contributed by atoms with Crippen LogP contribution in [0.3, 0.4) is 0 Å². The van der Waals surface area contributed by atoms with Gasteiger partial charge >= 0.3 is 0 Å². The second-order valence-corrected chi connectivity index (χ2v) is 3.85. The number of pyridine rings is 1. The molecule has 88 valence electrons. The van der Waals surface area contributed by atoms with Crippen molar-refractivity contribution in [1.29, 1.82) is 0 Å². The van der Waals surface area contributed by atoms with Crippen LogP contribution in [0, 0.1) is 0 Å². The molecule has 1 aromatic carbocycles. The van der Waals surface area contributed by atoms with Gasteiger partial charge in [0.05, 0.1) is 11.7 Å². The minimum absolute atomic E-state index is 0.129. The average Bonchev–Trinajstić information content (AvgIpc) is 2.41. The van der Waals surface area contributed by atoms with Crippen LogP contribution in [0.5, 0.6) is 0 Å².